The normalized spacial score (nSPS) is 10.4. The van der Waals surface area contributed by atoms with Crippen molar-refractivity contribution in [1.82, 2.24) is 10.2 Å². The third kappa shape index (κ3) is 1.72. The van der Waals surface area contributed by atoms with E-state index in [4.69, 9.17) is 0 Å². The molecule has 0 aromatic carbocycles. The smallest absolute Gasteiger partial charge is 0.148 e. The molecule has 1 heterocycles. The van der Waals surface area contributed by atoms with Crippen LogP contribution in [0, 0.1) is 6.92 Å². The molecule has 0 saturated heterocycles. The summed E-state index contributed by atoms with van der Waals surface area (Å²) in [6, 6.07) is 2.02. The standard InChI is InChI=1S/C9H15N3/c1-6(2)9-7(3)5-8(10-4)11-12-9/h5-6H,1-4H3,(H,10,11). The highest BCUT2D eigenvalue weighted by atomic mass is 15.2. The van der Waals surface area contributed by atoms with E-state index >= 15 is 0 Å². The monoisotopic (exact) mass is 165 g/mol. The number of rotatable bonds is 2. The van der Waals surface area contributed by atoms with Crippen molar-refractivity contribution in [2.75, 3.05) is 12.4 Å². The van der Waals surface area contributed by atoms with Gasteiger partial charge < -0.3 is 5.32 Å². The van der Waals surface area contributed by atoms with Gasteiger partial charge in [-0.15, -0.1) is 5.10 Å². The second-order valence-electron chi connectivity index (χ2n) is 3.20. The number of aryl methyl sites for hydroxylation is 1. The van der Waals surface area contributed by atoms with Gasteiger partial charge >= 0.3 is 0 Å². The second kappa shape index (κ2) is 3.52. The third-order valence-electron chi connectivity index (χ3n) is 1.83. The molecule has 1 N–H and O–H groups in total. The highest BCUT2D eigenvalue weighted by molar-refractivity contribution is 5.37. The Hall–Kier alpha value is -1.12. The average Bonchev–Trinajstić information content (AvgIpc) is 2.03. The number of nitrogens with zero attached hydrogens (tertiary/aromatic N) is 2. The van der Waals surface area contributed by atoms with Gasteiger partial charge in [-0.25, -0.2) is 0 Å². The van der Waals surface area contributed by atoms with Crippen LogP contribution in [-0.2, 0) is 0 Å². The summed E-state index contributed by atoms with van der Waals surface area (Å²) in [6.45, 7) is 6.30. The number of anilines is 1. The topological polar surface area (TPSA) is 37.8 Å². The Bertz CT molecular complexity index is 268. The van der Waals surface area contributed by atoms with Gasteiger partial charge in [0.25, 0.3) is 0 Å². The molecule has 0 spiro atoms. The zero-order chi connectivity index (χ0) is 9.14. The van der Waals surface area contributed by atoms with Gasteiger partial charge in [0.05, 0.1) is 5.69 Å². The molecule has 0 amide bonds. The Kier molecular flexibility index (Phi) is 2.63. The Labute approximate surface area is 73.2 Å². The zero-order valence-electron chi connectivity index (χ0n) is 8.05. The van der Waals surface area contributed by atoms with Gasteiger partial charge in [0.2, 0.25) is 0 Å². The maximum atomic E-state index is 4.14. The van der Waals surface area contributed by atoms with Crippen LogP contribution in [0.1, 0.15) is 31.0 Å². The molecule has 3 heteroatoms. The summed E-state index contributed by atoms with van der Waals surface area (Å²) < 4.78 is 0. The van der Waals surface area contributed by atoms with Crippen molar-refractivity contribution >= 4 is 5.82 Å². The van der Waals surface area contributed by atoms with Crippen molar-refractivity contribution in [3.8, 4) is 0 Å². The van der Waals surface area contributed by atoms with Crippen LogP contribution in [0.3, 0.4) is 0 Å². The summed E-state index contributed by atoms with van der Waals surface area (Å²) >= 11 is 0. The summed E-state index contributed by atoms with van der Waals surface area (Å²) in [4.78, 5) is 0. The van der Waals surface area contributed by atoms with E-state index in [1.165, 1.54) is 5.56 Å². The summed E-state index contributed by atoms with van der Waals surface area (Å²) in [7, 11) is 1.85. The first-order valence-electron chi connectivity index (χ1n) is 4.17. The first kappa shape index (κ1) is 8.97. The fourth-order valence-corrected chi connectivity index (χ4v) is 1.19. The lowest BCUT2D eigenvalue weighted by Gasteiger charge is -2.07. The van der Waals surface area contributed by atoms with Crippen molar-refractivity contribution in [2.45, 2.75) is 26.7 Å². The quantitative estimate of drug-likeness (QED) is 0.727. The molecule has 0 fully saturated rings. The lowest BCUT2D eigenvalue weighted by Crippen LogP contribution is -2.02. The molecule has 0 bridgehead atoms. The van der Waals surface area contributed by atoms with Crippen molar-refractivity contribution < 1.29 is 0 Å². The van der Waals surface area contributed by atoms with E-state index in [0.29, 0.717) is 5.92 Å². The summed E-state index contributed by atoms with van der Waals surface area (Å²) in [6.07, 6.45) is 0. The predicted molar refractivity (Wildman–Crippen MR) is 50.4 cm³/mol. The van der Waals surface area contributed by atoms with E-state index in [1.807, 2.05) is 13.1 Å². The predicted octanol–water partition coefficient (Wildman–Crippen LogP) is 1.95. The van der Waals surface area contributed by atoms with E-state index in [9.17, 15) is 0 Å². The highest BCUT2D eigenvalue weighted by Crippen LogP contribution is 2.16. The largest absolute Gasteiger partial charge is 0.372 e. The minimum Gasteiger partial charge on any atom is -0.372 e. The molecule has 1 aromatic heterocycles. The van der Waals surface area contributed by atoms with Gasteiger partial charge in [-0.05, 0) is 24.5 Å². The lowest BCUT2D eigenvalue weighted by atomic mass is 10.1. The van der Waals surface area contributed by atoms with E-state index in [1.54, 1.807) is 0 Å². The maximum Gasteiger partial charge on any atom is 0.148 e. The average molecular weight is 165 g/mol. The number of nitrogens with one attached hydrogen (secondary N) is 1. The van der Waals surface area contributed by atoms with Gasteiger partial charge in [-0.3, -0.25) is 0 Å². The molecule has 1 aromatic rings. The zero-order valence-corrected chi connectivity index (χ0v) is 8.05. The van der Waals surface area contributed by atoms with Crippen molar-refractivity contribution in [1.29, 1.82) is 0 Å². The minimum atomic E-state index is 0.448. The molecule has 0 unspecified atom stereocenters. The fourth-order valence-electron chi connectivity index (χ4n) is 1.19. The molecule has 0 saturated carbocycles. The van der Waals surface area contributed by atoms with E-state index in [-0.39, 0.29) is 0 Å². The van der Waals surface area contributed by atoms with E-state index in [0.717, 1.165) is 11.5 Å². The second-order valence-corrected chi connectivity index (χ2v) is 3.20. The molecule has 12 heavy (non-hydrogen) atoms. The number of hydrogen-bond donors (Lipinski definition) is 1. The van der Waals surface area contributed by atoms with Crippen LogP contribution < -0.4 is 5.32 Å². The lowest BCUT2D eigenvalue weighted by molar-refractivity contribution is 0.775. The Morgan fingerprint density at radius 3 is 2.42 bits per heavy atom. The molecule has 3 nitrogen and oxygen atoms in total. The van der Waals surface area contributed by atoms with E-state index < -0.39 is 0 Å². The van der Waals surface area contributed by atoms with Crippen LogP contribution in [0.2, 0.25) is 0 Å². The molecule has 0 radical (unpaired) electrons. The summed E-state index contributed by atoms with van der Waals surface area (Å²) in [5, 5.41) is 11.1. The highest BCUT2D eigenvalue weighted by Gasteiger charge is 2.05. The molecular weight excluding hydrogens is 150 g/mol. The van der Waals surface area contributed by atoms with E-state index in [2.05, 4.69) is 36.3 Å². The molecule has 66 valence electrons. The Balaban J connectivity index is 3.03. The van der Waals surface area contributed by atoms with Gasteiger partial charge in [-0.2, -0.15) is 5.10 Å². The fraction of sp³-hybridized carbons (Fsp3) is 0.556. The minimum absolute atomic E-state index is 0.448. The van der Waals surface area contributed by atoms with Gasteiger partial charge in [0.15, 0.2) is 0 Å². The molecular formula is C9H15N3. The van der Waals surface area contributed by atoms with Crippen molar-refractivity contribution in [2.24, 2.45) is 0 Å². The van der Waals surface area contributed by atoms with Crippen LogP contribution in [0.4, 0.5) is 5.82 Å². The summed E-state index contributed by atoms with van der Waals surface area (Å²) in [5.74, 6) is 1.28. The molecule has 1 rings (SSSR count). The Morgan fingerprint density at radius 1 is 1.33 bits per heavy atom. The number of hydrogen-bond acceptors (Lipinski definition) is 3. The maximum absolute atomic E-state index is 4.14. The van der Waals surface area contributed by atoms with Crippen molar-refractivity contribution in [3.63, 3.8) is 0 Å². The molecule has 0 atom stereocenters. The van der Waals surface area contributed by atoms with Crippen molar-refractivity contribution in [3.05, 3.63) is 17.3 Å². The first-order chi connectivity index (χ1) is 5.65. The van der Waals surface area contributed by atoms with Gasteiger partial charge in [-0.1, -0.05) is 13.8 Å². The van der Waals surface area contributed by atoms with Crippen LogP contribution in [0.15, 0.2) is 6.07 Å². The van der Waals surface area contributed by atoms with Gasteiger partial charge in [0.1, 0.15) is 5.82 Å². The van der Waals surface area contributed by atoms with Crippen LogP contribution in [-0.4, -0.2) is 17.2 Å². The first-order valence-corrected chi connectivity index (χ1v) is 4.17. The van der Waals surface area contributed by atoms with Gasteiger partial charge in [0, 0.05) is 7.05 Å². The third-order valence-corrected chi connectivity index (χ3v) is 1.83. The van der Waals surface area contributed by atoms with Crippen LogP contribution >= 0.6 is 0 Å². The van der Waals surface area contributed by atoms with Crippen LogP contribution in [0.5, 0.6) is 0 Å². The number of aromatic nitrogens is 2. The molecule has 0 aliphatic carbocycles. The molecule has 0 aliphatic heterocycles. The summed E-state index contributed by atoms with van der Waals surface area (Å²) in [5.41, 5.74) is 2.28. The van der Waals surface area contributed by atoms with Crippen LogP contribution in [0.25, 0.3) is 0 Å². The molecule has 0 aliphatic rings. The Morgan fingerprint density at radius 2 is 2.00 bits per heavy atom. The SMILES string of the molecule is CNc1cc(C)c(C(C)C)nn1.